The molecule has 0 bridgehead atoms. The zero-order chi connectivity index (χ0) is 18.4. The van der Waals surface area contributed by atoms with Crippen molar-refractivity contribution in [3.05, 3.63) is 51.3 Å². The summed E-state index contributed by atoms with van der Waals surface area (Å²) in [7, 11) is 0. The van der Waals surface area contributed by atoms with Crippen molar-refractivity contribution in [2.45, 2.75) is 12.5 Å². The average Bonchev–Trinajstić information content (AvgIpc) is 2.56. The number of halogens is 2. The zero-order valence-corrected chi connectivity index (χ0v) is 15.4. The number of carbonyl (C=O) groups is 1. The van der Waals surface area contributed by atoms with Crippen molar-refractivity contribution < 1.29 is 24.1 Å². The maximum absolute atomic E-state index is 13.9. The monoisotopic (exact) mass is 460 g/mol. The van der Waals surface area contributed by atoms with E-state index in [1.54, 1.807) is 12.1 Å². The topological polar surface area (TPSA) is 105 Å². The summed E-state index contributed by atoms with van der Waals surface area (Å²) in [5, 5.41) is 21.1. The van der Waals surface area contributed by atoms with E-state index in [1.165, 1.54) is 0 Å². The van der Waals surface area contributed by atoms with E-state index in [-0.39, 0.29) is 30.0 Å². The highest BCUT2D eigenvalue weighted by Crippen LogP contribution is 2.30. The first kappa shape index (κ1) is 19.4. The molecule has 1 amide bonds. The Balaban J connectivity index is 2.28. The van der Waals surface area contributed by atoms with Gasteiger partial charge in [-0.15, -0.1) is 0 Å². The summed E-state index contributed by atoms with van der Waals surface area (Å²) in [4.78, 5) is 11.8. The number of aliphatic hydroxyl groups is 2. The van der Waals surface area contributed by atoms with Gasteiger partial charge >= 0.3 is 0 Å². The molecule has 0 aliphatic rings. The molecule has 0 heterocycles. The van der Waals surface area contributed by atoms with Crippen molar-refractivity contribution in [3.63, 3.8) is 0 Å². The molecule has 2 aromatic carbocycles. The lowest BCUT2D eigenvalue weighted by atomic mass is 10.1. The van der Waals surface area contributed by atoms with Gasteiger partial charge < -0.3 is 26.0 Å². The van der Waals surface area contributed by atoms with Crippen LogP contribution in [0.25, 0.3) is 0 Å². The van der Waals surface area contributed by atoms with Gasteiger partial charge in [-0.05, 0) is 52.9 Å². The summed E-state index contributed by atoms with van der Waals surface area (Å²) in [6, 6.07) is 9.52. The zero-order valence-electron chi connectivity index (χ0n) is 13.2. The minimum Gasteiger partial charge on any atom is -0.492 e. The molecule has 0 aromatic heterocycles. The average molecular weight is 460 g/mol. The predicted molar refractivity (Wildman–Crippen MR) is 101 cm³/mol. The quantitative estimate of drug-likeness (QED) is 0.453. The third-order valence-corrected chi connectivity index (χ3v) is 4.08. The Morgan fingerprint density at radius 2 is 2.00 bits per heavy atom. The Morgan fingerprint density at radius 3 is 2.60 bits per heavy atom. The van der Waals surface area contributed by atoms with E-state index in [2.05, 4.69) is 27.9 Å². The number of hydrogen-bond acceptors (Lipinski definition) is 5. The molecule has 0 aliphatic heterocycles. The van der Waals surface area contributed by atoms with E-state index in [9.17, 15) is 14.3 Å². The summed E-state index contributed by atoms with van der Waals surface area (Å²) in [5.74, 6) is -1.40. The minimum absolute atomic E-state index is 0.00552. The van der Waals surface area contributed by atoms with Crippen LogP contribution in [-0.4, -0.2) is 35.4 Å². The predicted octanol–water partition coefficient (Wildman–Crippen LogP) is 2.39. The molecule has 0 saturated heterocycles. The number of nitrogens with two attached hydrogens (primary N) is 1. The Kier molecular flexibility index (Phi) is 6.97. The van der Waals surface area contributed by atoms with Crippen molar-refractivity contribution >= 4 is 39.9 Å². The largest absolute Gasteiger partial charge is 0.492 e. The second kappa shape index (κ2) is 8.97. The molecule has 0 spiro atoms. The summed E-state index contributed by atoms with van der Waals surface area (Å²) in [6.45, 7) is -0.413. The fraction of sp³-hybridized carbons (Fsp3) is 0.235. The van der Waals surface area contributed by atoms with Gasteiger partial charge in [0, 0.05) is 21.7 Å². The fourth-order valence-corrected chi connectivity index (χ4v) is 2.49. The number of aliphatic hydroxyl groups excluding tert-OH is 2. The Labute approximate surface area is 157 Å². The lowest BCUT2D eigenvalue weighted by Gasteiger charge is -2.16. The molecule has 134 valence electrons. The number of rotatable bonds is 8. The third-order valence-electron chi connectivity index (χ3n) is 3.36. The van der Waals surface area contributed by atoms with Gasteiger partial charge in [0.15, 0.2) is 0 Å². The molecule has 2 rings (SSSR count). The molecule has 25 heavy (non-hydrogen) atoms. The van der Waals surface area contributed by atoms with Crippen molar-refractivity contribution in [2.75, 3.05) is 18.5 Å². The van der Waals surface area contributed by atoms with Crippen LogP contribution in [0.4, 0.5) is 15.8 Å². The number of primary amides is 1. The van der Waals surface area contributed by atoms with Crippen molar-refractivity contribution in [2.24, 2.45) is 5.73 Å². The van der Waals surface area contributed by atoms with Gasteiger partial charge in [-0.3, -0.25) is 4.79 Å². The first-order chi connectivity index (χ1) is 11.9. The molecule has 0 aliphatic carbocycles. The highest BCUT2D eigenvalue weighted by atomic mass is 127. The Bertz CT molecular complexity index is 740. The maximum Gasteiger partial charge on any atom is 0.254 e. The maximum atomic E-state index is 13.9. The van der Waals surface area contributed by atoms with E-state index in [1.807, 2.05) is 12.1 Å². The molecule has 6 nitrogen and oxygen atoms in total. The molecular formula is C17H18FIN2O4. The van der Waals surface area contributed by atoms with Gasteiger partial charge in [0.25, 0.3) is 5.91 Å². The fourth-order valence-electron chi connectivity index (χ4n) is 2.13. The van der Waals surface area contributed by atoms with Crippen LogP contribution in [0.3, 0.4) is 0 Å². The molecule has 0 fully saturated rings. The molecule has 5 N–H and O–H groups in total. The van der Waals surface area contributed by atoms with Crippen molar-refractivity contribution in [1.29, 1.82) is 0 Å². The van der Waals surface area contributed by atoms with E-state index >= 15 is 0 Å². The molecule has 0 saturated carbocycles. The number of anilines is 2. The van der Waals surface area contributed by atoms with Gasteiger partial charge in [0.05, 0.1) is 25.0 Å². The van der Waals surface area contributed by atoms with Crippen molar-refractivity contribution in [3.8, 4) is 5.75 Å². The SMILES string of the molecule is NC(=O)c1c(Nc2ccc(I)cc2)cc(F)cc1OCC[C@@H](O)CO. The van der Waals surface area contributed by atoms with Crippen molar-refractivity contribution in [1.82, 2.24) is 0 Å². The van der Waals surface area contributed by atoms with Crippen LogP contribution in [0.2, 0.25) is 0 Å². The molecule has 0 unspecified atom stereocenters. The van der Waals surface area contributed by atoms with E-state index in [0.29, 0.717) is 5.69 Å². The first-order valence-electron chi connectivity index (χ1n) is 7.48. The molecule has 0 radical (unpaired) electrons. The lowest BCUT2D eigenvalue weighted by Crippen LogP contribution is -2.19. The summed E-state index contributed by atoms with van der Waals surface area (Å²) < 4.78 is 20.4. The van der Waals surface area contributed by atoms with Crippen LogP contribution in [0.15, 0.2) is 36.4 Å². The van der Waals surface area contributed by atoms with Gasteiger partial charge in [-0.2, -0.15) is 0 Å². The molecular weight excluding hydrogens is 442 g/mol. The minimum atomic E-state index is -0.949. The highest BCUT2D eigenvalue weighted by Gasteiger charge is 2.18. The van der Waals surface area contributed by atoms with Gasteiger partial charge in [-0.25, -0.2) is 4.39 Å². The number of amides is 1. The van der Waals surface area contributed by atoms with Crippen LogP contribution in [-0.2, 0) is 0 Å². The van der Waals surface area contributed by atoms with E-state index < -0.39 is 24.4 Å². The molecule has 1 atom stereocenters. The number of hydrogen-bond donors (Lipinski definition) is 4. The second-order valence-corrected chi connectivity index (χ2v) is 6.54. The number of carbonyl (C=O) groups excluding carboxylic acids is 1. The summed E-state index contributed by atoms with van der Waals surface area (Å²) >= 11 is 2.16. The second-order valence-electron chi connectivity index (χ2n) is 5.30. The third kappa shape index (κ3) is 5.55. The smallest absolute Gasteiger partial charge is 0.254 e. The van der Waals surface area contributed by atoms with Crippen LogP contribution in [0, 0.1) is 9.39 Å². The van der Waals surface area contributed by atoms with Gasteiger partial charge in [0.2, 0.25) is 0 Å². The standard InChI is InChI=1S/C17H18FIN2O4/c18-10-7-14(21-12-3-1-11(19)2-4-12)16(17(20)24)15(8-10)25-6-5-13(23)9-22/h1-4,7-8,13,21-23H,5-6,9H2,(H2,20,24)/t13-/m1/s1. The summed E-state index contributed by atoms with van der Waals surface area (Å²) in [5.41, 5.74) is 6.29. The first-order valence-corrected chi connectivity index (χ1v) is 8.56. The number of ether oxygens (including phenoxy) is 1. The molecule has 8 heteroatoms. The van der Waals surface area contributed by atoms with Crippen LogP contribution in [0.5, 0.6) is 5.75 Å². The lowest BCUT2D eigenvalue weighted by molar-refractivity contribution is 0.0751. The van der Waals surface area contributed by atoms with Gasteiger partial charge in [0.1, 0.15) is 17.1 Å². The summed E-state index contributed by atoms with van der Waals surface area (Å²) in [6.07, 6.45) is -0.819. The van der Waals surface area contributed by atoms with Gasteiger partial charge in [-0.1, -0.05) is 0 Å². The Morgan fingerprint density at radius 1 is 1.32 bits per heavy atom. The van der Waals surface area contributed by atoms with E-state index in [0.717, 1.165) is 15.7 Å². The van der Waals surface area contributed by atoms with Crippen LogP contribution < -0.4 is 15.8 Å². The molecule has 2 aromatic rings. The number of nitrogens with one attached hydrogen (secondary N) is 1. The number of benzene rings is 2. The van der Waals surface area contributed by atoms with Crippen LogP contribution >= 0.6 is 22.6 Å². The van der Waals surface area contributed by atoms with Crippen LogP contribution in [0.1, 0.15) is 16.8 Å². The highest BCUT2D eigenvalue weighted by molar-refractivity contribution is 14.1. The Hall–Kier alpha value is -1.91. The van der Waals surface area contributed by atoms with E-state index in [4.69, 9.17) is 15.6 Å². The normalized spacial score (nSPS) is 11.8.